The summed E-state index contributed by atoms with van der Waals surface area (Å²) in [5, 5.41) is 0. The molecule has 0 atom stereocenters. The second-order valence-electron chi connectivity index (χ2n) is 5.39. The summed E-state index contributed by atoms with van der Waals surface area (Å²) in [6.45, 7) is 1.88. The van der Waals surface area contributed by atoms with Crippen molar-refractivity contribution < 1.29 is 13.2 Å². The quantitative estimate of drug-likeness (QED) is 0.464. The van der Waals surface area contributed by atoms with E-state index < -0.39 is 5.51 Å². The Bertz CT molecular complexity index is 825. The predicted octanol–water partition coefficient (Wildman–Crippen LogP) is 6.94. The monoisotopic (exact) mass is 344 g/mol. The fourth-order valence-corrected chi connectivity index (χ4v) is 3.55. The van der Waals surface area contributed by atoms with Crippen LogP contribution in [0.3, 0.4) is 0 Å². The Labute approximate surface area is 143 Å². The van der Waals surface area contributed by atoms with Crippen molar-refractivity contribution in [2.75, 3.05) is 0 Å². The van der Waals surface area contributed by atoms with Crippen LogP contribution >= 0.6 is 11.8 Å². The molecule has 24 heavy (non-hydrogen) atoms. The number of halogens is 3. The van der Waals surface area contributed by atoms with Crippen LogP contribution in [-0.4, -0.2) is 5.51 Å². The van der Waals surface area contributed by atoms with Gasteiger partial charge < -0.3 is 0 Å². The average molecular weight is 344 g/mol. The Morgan fingerprint density at radius 3 is 1.79 bits per heavy atom. The largest absolute Gasteiger partial charge is 0.446 e. The van der Waals surface area contributed by atoms with Gasteiger partial charge in [0.05, 0.1) is 0 Å². The van der Waals surface area contributed by atoms with Crippen molar-refractivity contribution in [3.8, 4) is 22.3 Å². The number of thioether (sulfide) groups is 1. The maximum Gasteiger partial charge on any atom is 0.446 e. The zero-order valence-electron chi connectivity index (χ0n) is 13.0. The van der Waals surface area contributed by atoms with Gasteiger partial charge in [0.2, 0.25) is 0 Å². The second kappa shape index (κ2) is 6.73. The third-order valence-electron chi connectivity index (χ3n) is 3.80. The Hall–Kier alpha value is -2.20. The van der Waals surface area contributed by atoms with Crippen molar-refractivity contribution in [1.29, 1.82) is 0 Å². The van der Waals surface area contributed by atoms with E-state index in [0.717, 1.165) is 22.3 Å². The van der Waals surface area contributed by atoms with E-state index in [1.165, 1.54) is 0 Å². The lowest BCUT2D eigenvalue weighted by atomic mass is 9.93. The lowest BCUT2D eigenvalue weighted by Crippen LogP contribution is -2.01. The third-order valence-corrected chi connectivity index (χ3v) is 4.59. The van der Waals surface area contributed by atoms with Crippen LogP contribution in [0.5, 0.6) is 0 Å². The topological polar surface area (TPSA) is 0 Å². The van der Waals surface area contributed by atoms with E-state index in [4.69, 9.17) is 0 Å². The predicted molar refractivity (Wildman–Crippen MR) is 94.0 cm³/mol. The molecule has 0 radical (unpaired) electrons. The van der Waals surface area contributed by atoms with Crippen LogP contribution < -0.4 is 0 Å². The van der Waals surface area contributed by atoms with Gasteiger partial charge in [-0.25, -0.2) is 0 Å². The highest BCUT2D eigenvalue weighted by Crippen LogP contribution is 2.45. The van der Waals surface area contributed by atoms with Crippen LogP contribution in [0.4, 0.5) is 13.2 Å². The van der Waals surface area contributed by atoms with Crippen molar-refractivity contribution in [3.63, 3.8) is 0 Å². The minimum absolute atomic E-state index is 0.0597. The molecule has 0 saturated carbocycles. The highest BCUT2D eigenvalue weighted by molar-refractivity contribution is 8.00. The zero-order valence-corrected chi connectivity index (χ0v) is 13.8. The Kier molecular flexibility index (Phi) is 4.67. The van der Waals surface area contributed by atoms with Crippen LogP contribution in [0.2, 0.25) is 0 Å². The Morgan fingerprint density at radius 2 is 1.25 bits per heavy atom. The molecule has 122 valence electrons. The lowest BCUT2D eigenvalue weighted by Gasteiger charge is -2.17. The highest BCUT2D eigenvalue weighted by Gasteiger charge is 2.31. The summed E-state index contributed by atoms with van der Waals surface area (Å²) in [6.07, 6.45) is 0. The molecule has 0 N–H and O–H groups in total. The van der Waals surface area contributed by atoms with E-state index in [1.54, 1.807) is 12.1 Å². The van der Waals surface area contributed by atoms with Gasteiger partial charge in [0.25, 0.3) is 0 Å². The smallest absolute Gasteiger partial charge is 0.160 e. The lowest BCUT2D eigenvalue weighted by molar-refractivity contribution is -0.0327. The molecule has 0 amide bonds. The first-order chi connectivity index (χ1) is 11.5. The summed E-state index contributed by atoms with van der Waals surface area (Å²) in [5.74, 6) is 0. The molecule has 0 spiro atoms. The van der Waals surface area contributed by atoms with Crippen molar-refractivity contribution in [1.82, 2.24) is 0 Å². The number of benzene rings is 3. The van der Waals surface area contributed by atoms with Gasteiger partial charge in [-0.2, -0.15) is 13.2 Å². The molecule has 3 aromatic rings. The molecule has 0 nitrogen and oxygen atoms in total. The fourth-order valence-electron chi connectivity index (χ4n) is 2.79. The van der Waals surface area contributed by atoms with Crippen LogP contribution in [-0.2, 0) is 0 Å². The minimum Gasteiger partial charge on any atom is -0.160 e. The molecule has 0 aliphatic carbocycles. The van der Waals surface area contributed by atoms with E-state index in [1.807, 2.05) is 67.6 Å². The van der Waals surface area contributed by atoms with Crippen molar-refractivity contribution >= 4 is 11.8 Å². The second-order valence-corrected chi connectivity index (χ2v) is 6.50. The molecule has 0 heterocycles. The van der Waals surface area contributed by atoms with Crippen molar-refractivity contribution in [3.05, 3.63) is 78.4 Å². The summed E-state index contributed by atoms with van der Waals surface area (Å²) < 4.78 is 38.9. The molecule has 0 aliphatic heterocycles. The Balaban J connectivity index is 2.21. The van der Waals surface area contributed by atoms with E-state index >= 15 is 0 Å². The summed E-state index contributed by atoms with van der Waals surface area (Å²) >= 11 is -0.0597. The normalized spacial score (nSPS) is 11.5. The van der Waals surface area contributed by atoms with Crippen LogP contribution in [0.1, 0.15) is 5.56 Å². The summed E-state index contributed by atoms with van der Waals surface area (Å²) in [4.78, 5) is 0.228. The molecule has 3 rings (SSSR count). The van der Waals surface area contributed by atoms with Crippen molar-refractivity contribution in [2.24, 2.45) is 0 Å². The first-order valence-electron chi connectivity index (χ1n) is 7.46. The summed E-state index contributed by atoms with van der Waals surface area (Å²) in [6, 6.07) is 22.3. The molecule has 3 aromatic carbocycles. The summed E-state index contributed by atoms with van der Waals surface area (Å²) in [7, 11) is 0. The highest BCUT2D eigenvalue weighted by atomic mass is 32.2. The SMILES string of the molecule is Cc1c(-c2ccccc2)ccc(SC(F)(F)F)c1-c1ccccc1. The number of rotatable bonds is 3. The third kappa shape index (κ3) is 3.65. The van der Waals surface area contributed by atoms with Crippen molar-refractivity contribution in [2.45, 2.75) is 17.3 Å². The summed E-state index contributed by atoms with van der Waals surface area (Å²) in [5.41, 5.74) is -0.0956. The minimum atomic E-state index is -4.32. The van der Waals surface area contributed by atoms with Gasteiger partial charge >= 0.3 is 5.51 Å². The van der Waals surface area contributed by atoms with E-state index in [2.05, 4.69) is 0 Å². The molecule has 0 unspecified atom stereocenters. The molecule has 0 aromatic heterocycles. The molecular formula is C20H15F3S. The van der Waals surface area contributed by atoms with Gasteiger partial charge in [-0.1, -0.05) is 66.7 Å². The maximum absolute atomic E-state index is 13.0. The van der Waals surface area contributed by atoms with Gasteiger partial charge in [0, 0.05) is 4.90 Å². The van der Waals surface area contributed by atoms with E-state index in [9.17, 15) is 13.2 Å². The number of alkyl halides is 3. The van der Waals surface area contributed by atoms with Gasteiger partial charge in [-0.3, -0.25) is 0 Å². The van der Waals surface area contributed by atoms with Crippen LogP contribution in [0.25, 0.3) is 22.3 Å². The molecule has 0 aliphatic rings. The molecular weight excluding hydrogens is 329 g/mol. The fraction of sp³-hybridized carbons (Fsp3) is 0.100. The first-order valence-corrected chi connectivity index (χ1v) is 8.27. The van der Waals surface area contributed by atoms with Crippen LogP contribution in [0.15, 0.2) is 77.7 Å². The standard InChI is InChI=1S/C20H15F3S/c1-14-17(15-8-4-2-5-9-15)12-13-18(24-20(21,22)23)19(14)16-10-6-3-7-11-16/h2-13H,1H3. The van der Waals surface area contributed by atoms with E-state index in [-0.39, 0.29) is 16.7 Å². The van der Waals surface area contributed by atoms with Gasteiger partial charge in [-0.05, 0) is 52.6 Å². The zero-order chi connectivity index (χ0) is 17.2. The van der Waals surface area contributed by atoms with Crippen LogP contribution in [0, 0.1) is 6.92 Å². The molecule has 0 fully saturated rings. The molecule has 4 heteroatoms. The van der Waals surface area contributed by atoms with Gasteiger partial charge in [0.1, 0.15) is 0 Å². The average Bonchev–Trinajstić information content (AvgIpc) is 2.55. The van der Waals surface area contributed by atoms with E-state index in [0.29, 0.717) is 5.56 Å². The number of hydrogen-bond acceptors (Lipinski definition) is 1. The Morgan fingerprint density at radius 1 is 0.708 bits per heavy atom. The molecule has 0 bridgehead atoms. The molecule has 0 saturated heterocycles. The van der Waals surface area contributed by atoms with Gasteiger partial charge in [-0.15, -0.1) is 0 Å². The number of hydrogen-bond donors (Lipinski definition) is 0. The first kappa shape index (κ1) is 16.7. The van der Waals surface area contributed by atoms with Gasteiger partial charge in [0.15, 0.2) is 0 Å². The maximum atomic E-state index is 13.0.